The van der Waals surface area contributed by atoms with Crippen molar-refractivity contribution in [3.63, 3.8) is 0 Å². The van der Waals surface area contributed by atoms with Crippen molar-refractivity contribution in [1.82, 2.24) is 4.90 Å². The quantitative estimate of drug-likeness (QED) is 0.885. The van der Waals surface area contributed by atoms with Gasteiger partial charge in [-0.2, -0.15) is 0 Å². The molecule has 2 N–H and O–H groups in total. The molecule has 0 unspecified atom stereocenters. The normalized spacial score (nSPS) is 10.8. The zero-order valence-electron chi connectivity index (χ0n) is 12.5. The van der Waals surface area contributed by atoms with Gasteiger partial charge in [-0.3, -0.25) is 0 Å². The van der Waals surface area contributed by atoms with Crippen molar-refractivity contribution in [1.29, 1.82) is 0 Å². The van der Waals surface area contributed by atoms with Crippen molar-refractivity contribution in [3.8, 4) is 0 Å². The Bertz CT molecular complexity index is 495. The molecule has 1 aromatic carbocycles. The van der Waals surface area contributed by atoms with Gasteiger partial charge in [-0.1, -0.05) is 0 Å². The molecule has 20 heavy (non-hydrogen) atoms. The fraction of sp³-hybridized carbons (Fsp3) is 0.429. The van der Waals surface area contributed by atoms with Crippen molar-refractivity contribution in [2.24, 2.45) is 0 Å². The third kappa shape index (κ3) is 3.40. The number of carbonyl (C=O) groups excluding carboxylic acids is 1. The van der Waals surface area contributed by atoms with Crippen LogP contribution in [0.3, 0.4) is 0 Å². The van der Waals surface area contributed by atoms with Crippen LogP contribution in [-0.2, 0) is 4.79 Å². The van der Waals surface area contributed by atoms with Crippen LogP contribution in [0.5, 0.6) is 0 Å². The number of hydrogen-bond acceptors (Lipinski definition) is 3. The minimum absolute atomic E-state index is 0.463. The van der Waals surface area contributed by atoms with Gasteiger partial charge < -0.3 is 20.2 Å². The molecule has 0 aromatic heterocycles. The first kappa shape index (κ1) is 15.8. The van der Waals surface area contributed by atoms with E-state index in [9.17, 15) is 9.59 Å². The van der Waals surface area contributed by atoms with E-state index in [0.29, 0.717) is 5.69 Å². The summed E-state index contributed by atoms with van der Waals surface area (Å²) in [5, 5.41) is 11.8. The third-order valence-corrected chi connectivity index (χ3v) is 3.30. The number of rotatable bonds is 4. The highest BCUT2D eigenvalue weighted by molar-refractivity contribution is 5.93. The number of nitrogens with one attached hydrogen (secondary N) is 1. The number of hydrogen-bond donors (Lipinski definition) is 2. The van der Waals surface area contributed by atoms with Gasteiger partial charge in [-0.05, 0) is 38.1 Å². The highest BCUT2D eigenvalue weighted by Gasteiger charge is 2.35. The van der Waals surface area contributed by atoms with E-state index in [2.05, 4.69) is 5.32 Å². The molecule has 0 bridgehead atoms. The largest absolute Gasteiger partial charge is 0.480 e. The first-order valence-electron chi connectivity index (χ1n) is 6.22. The zero-order valence-corrected chi connectivity index (χ0v) is 12.5. The molecule has 0 atom stereocenters. The van der Waals surface area contributed by atoms with Gasteiger partial charge in [0, 0.05) is 32.5 Å². The van der Waals surface area contributed by atoms with Crippen molar-refractivity contribution >= 4 is 23.4 Å². The van der Waals surface area contributed by atoms with Gasteiger partial charge in [0.25, 0.3) is 0 Å². The summed E-state index contributed by atoms with van der Waals surface area (Å²) in [4.78, 5) is 26.2. The fourth-order valence-corrected chi connectivity index (χ4v) is 1.45. The van der Waals surface area contributed by atoms with Crippen molar-refractivity contribution in [2.45, 2.75) is 19.4 Å². The van der Waals surface area contributed by atoms with Crippen LogP contribution in [0.4, 0.5) is 16.2 Å². The molecule has 0 fully saturated rings. The minimum atomic E-state index is -1.27. The maximum absolute atomic E-state index is 12.0. The number of carboxylic acid groups (broad SMARTS) is 1. The molecule has 0 heterocycles. The Morgan fingerprint density at radius 2 is 1.60 bits per heavy atom. The minimum Gasteiger partial charge on any atom is -0.480 e. The predicted octanol–water partition coefficient (Wildman–Crippen LogP) is 2.08. The average molecular weight is 279 g/mol. The van der Waals surface area contributed by atoms with E-state index in [4.69, 9.17) is 5.11 Å². The monoisotopic (exact) mass is 279 g/mol. The molecule has 110 valence electrons. The van der Waals surface area contributed by atoms with Crippen LogP contribution < -0.4 is 10.2 Å². The van der Waals surface area contributed by atoms with Gasteiger partial charge in [0.2, 0.25) is 0 Å². The molecular formula is C14H21N3O3. The van der Waals surface area contributed by atoms with Gasteiger partial charge in [-0.15, -0.1) is 0 Å². The summed E-state index contributed by atoms with van der Waals surface area (Å²) < 4.78 is 0. The number of nitrogens with zero attached hydrogens (tertiary/aromatic N) is 2. The number of benzene rings is 1. The molecule has 0 aliphatic carbocycles. The lowest BCUT2D eigenvalue weighted by atomic mass is 10.1. The highest BCUT2D eigenvalue weighted by Crippen LogP contribution is 2.18. The molecule has 6 heteroatoms. The maximum atomic E-state index is 12.0. The number of carbonyl (C=O) groups is 2. The molecule has 0 spiro atoms. The summed E-state index contributed by atoms with van der Waals surface area (Å²) >= 11 is 0. The van der Waals surface area contributed by atoms with Crippen molar-refractivity contribution in [3.05, 3.63) is 24.3 Å². The van der Waals surface area contributed by atoms with Crippen LogP contribution >= 0.6 is 0 Å². The fourth-order valence-electron chi connectivity index (χ4n) is 1.45. The highest BCUT2D eigenvalue weighted by atomic mass is 16.4. The lowest BCUT2D eigenvalue weighted by molar-refractivity contribution is -0.146. The Balaban J connectivity index is 2.78. The summed E-state index contributed by atoms with van der Waals surface area (Å²) in [6, 6.07) is 6.83. The number of anilines is 2. The summed E-state index contributed by atoms with van der Waals surface area (Å²) in [7, 11) is 5.31. The number of likely N-dealkylation sites (N-methyl/N-ethyl adjacent to an activating group) is 1. The smallest absolute Gasteiger partial charge is 0.329 e. The van der Waals surface area contributed by atoms with Gasteiger partial charge >= 0.3 is 12.0 Å². The summed E-state index contributed by atoms with van der Waals surface area (Å²) in [6.07, 6.45) is 0. The van der Waals surface area contributed by atoms with Crippen molar-refractivity contribution < 1.29 is 14.7 Å². The van der Waals surface area contributed by atoms with Gasteiger partial charge in [0.05, 0.1) is 0 Å². The van der Waals surface area contributed by atoms with E-state index in [1.54, 1.807) is 12.1 Å². The molecule has 6 nitrogen and oxygen atoms in total. The molecule has 2 amide bonds. The van der Waals surface area contributed by atoms with Gasteiger partial charge in [0.15, 0.2) is 0 Å². The summed E-state index contributed by atoms with van der Waals surface area (Å²) in [5.41, 5.74) is 0.365. The third-order valence-electron chi connectivity index (χ3n) is 3.30. The molecule has 1 rings (SSSR count). The molecule has 1 aromatic rings. The molecule has 0 aliphatic heterocycles. The molecule has 0 aliphatic rings. The zero-order chi connectivity index (χ0) is 15.5. The number of carboxylic acids is 1. The lowest BCUT2D eigenvalue weighted by Gasteiger charge is -2.31. The first-order valence-corrected chi connectivity index (χ1v) is 6.22. The van der Waals surface area contributed by atoms with Gasteiger partial charge in [-0.25, -0.2) is 9.59 Å². The SMILES string of the molecule is CN(C)c1ccc(NC(=O)N(C)C(C)(C)C(=O)O)cc1. The van der Waals surface area contributed by atoms with E-state index >= 15 is 0 Å². The summed E-state index contributed by atoms with van der Waals surface area (Å²) in [5.74, 6) is -1.06. The Morgan fingerprint density at radius 1 is 1.10 bits per heavy atom. The summed E-state index contributed by atoms with van der Waals surface area (Å²) in [6.45, 7) is 2.95. The number of aliphatic carboxylic acids is 1. The molecular weight excluding hydrogens is 258 g/mol. The van der Waals surface area contributed by atoms with Crippen LogP contribution in [0.15, 0.2) is 24.3 Å². The van der Waals surface area contributed by atoms with Crippen LogP contribution in [-0.4, -0.2) is 48.7 Å². The van der Waals surface area contributed by atoms with E-state index < -0.39 is 17.5 Å². The maximum Gasteiger partial charge on any atom is 0.329 e. The second-order valence-corrected chi connectivity index (χ2v) is 5.29. The van der Waals surface area contributed by atoms with E-state index in [0.717, 1.165) is 10.6 Å². The van der Waals surface area contributed by atoms with E-state index in [1.165, 1.54) is 20.9 Å². The predicted molar refractivity (Wildman–Crippen MR) is 79.3 cm³/mol. The lowest BCUT2D eigenvalue weighted by Crippen LogP contribution is -2.52. The van der Waals surface area contributed by atoms with Crippen LogP contribution in [0.2, 0.25) is 0 Å². The Kier molecular flexibility index (Phi) is 4.60. The second kappa shape index (κ2) is 5.81. The number of urea groups is 1. The van der Waals surface area contributed by atoms with Gasteiger partial charge in [0.1, 0.15) is 5.54 Å². The van der Waals surface area contributed by atoms with Crippen LogP contribution in [0.1, 0.15) is 13.8 Å². The van der Waals surface area contributed by atoms with Crippen LogP contribution in [0, 0.1) is 0 Å². The molecule has 0 radical (unpaired) electrons. The second-order valence-electron chi connectivity index (χ2n) is 5.29. The van der Waals surface area contributed by atoms with E-state index in [1.807, 2.05) is 31.1 Å². The van der Waals surface area contributed by atoms with Crippen molar-refractivity contribution in [2.75, 3.05) is 31.4 Å². The van der Waals surface area contributed by atoms with Crippen LogP contribution in [0.25, 0.3) is 0 Å². The Hall–Kier alpha value is -2.24. The Labute approximate surface area is 119 Å². The number of amides is 2. The van der Waals surface area contributed by atoms with E-state index in [-0.39, 0.29) is 0 Å². The molecule has 0 saturated carbocycles. The first-order chi connectivity index (χ1) is 9.16. The standard InChI is InChI=1S/C14H21N3O3/c1-14(2,12(18)19)17(5)13(20)15-10-6-8-11(9-7-10)16(3)4/h6-9H,1-5H3,(H,15,20)(H,18,19). The topological polar surface area (TPSA) is 72.9 Å². The average Bonchev–Trinajstić information content (AvgIpc) is 2.38. The Morgan fingerprint density at radius 3 is 2.00 bits per heavy atom. The molecule has 0 saturated heterocycles.